The third-order valence-electron chi connectivity index (χ3n) is 4.58. The van der Waals surface area contributed by atoms with E-state index < -0.39 is 0 Å². The topological polar surface area (TPSA) is 66.1 Å². The number of nitrogens with zero attached hydrogens (tertiary/aromatic N) is 4. The van der Waals surface area contributed by atoms with Crippen LogP contribution in [0.15, 0.2) is 36.5 Å². The van der Waals surface area contributed by atoms with Crippen LogP contribution in [-0.4, -0.2) is 54.1 Å². The second-order valence-electron chi connectivity index (χ2n) is 6.52. The van der Waals surface area contributed by atoms with Crippen LogP contribution in [-0.2, 0) is 17.8 Å². The van der Waals surface area contributed by atoms with Crippen molar-refractivity contribution in [3.05, 3.63) is 42.1 Å². The number of nitrogens with one attached hydrogen (secondary N) is 1. The van der Waals surface area contributed by atoms with Gasteiger partial charge in [0.1, 0.15) is 0 Å². The van der Waals surface area contributed by atoms with Crippen molar-refractivity contribution in [3.63, 3.8) is 0 Å². The van der Waals surface area contributed by atoms with Gasteiger partial charge in [0.15, 0.2) is 0 Å². The lowest BCUT2D eigenvalue weighted by atomic mass is 10.1. The maximum absolute atomic E-state index is 8.81. The Balaban J connectivity index is 1.53. The highest BCUT2D eigenvalue weighted by Crippen LogP contribution is 2.22. The van der Waals surface area contributed by atoms with Crippen LogP contribution in [0.25, 0.3) is 11.3 Å². The van der Waals surface area contributed by atoms with Crippen molar-refractivity contribution in [2.45, 2.75) is 25.9 Å². The molecule has 0 aliphatic carbocycles. The molecule has 0 unspecified atom stereocenters. The molecule has 1 saturated heterocycles. The van der Waals surface area contributed by atoms with E-state index in [1.807, 2.05) is 22.9 Å². The van der Waals surface area contributed by atoms with Crippen molar-refractivity contribution in [2.75, 3.05) is 39.4 Å². The van der Waals surface area contributed by atoms with Crippen molar-refractivity contribution in [3.8, 4) is 17.3 Å². The Hall–Kier alpha value is -2.20. The molecule has 0 bridgehead atoms. The molecule has 3 rings (SSSR count). The van der Waals surface area contributed by atoms with Gasteiger partial charge in [-0.05, 0) is 19.5 Å². The van der Waals surface area contributed by atoms with E-state index in [0.29, 0.717) is 13.0 Å². The maximum Gasteiger partial charge on any atom is 0.0968 e. The smallest absolute Gasteiger partial charge is 0.0968 e. The van der Waals surface area contributed by atoms with E-state index in [-0.39, 0.29) is 0 Å². The van der Waals surface area contributed by atoms with Gasteiger partial charge in [0.05, 0.1) is 37.9 Å². The molecule has 0 amide bonds. The predicted molar refractivity (Wildman–Crippen MR) is 101 cm³/mol. The lowest BCUT2D eigenvalue weighted by molar-refractivity contribution is 0.0374. The molecule has 138 valence electrons. The second-order valence-corrected chi connectivity index (χ2v) is 6.52. The molecule has 1 aliphatic rings. The van der Waals surface area contributed by atoms with Gasteiger partial charge >= 0.3 is 0 Å². The number of rotatable bonds is 9. The number of aromatic nitrogens is 2. The van der Waals surface area contributed by atoms with E-state index in [9.17, 15) is 0 Å². The van der Waals surface area contributed by atoms with Gasteiger partial charge in [0.25, 0.3) is 0 Å². The van der Waals surface area contributed by atoms with Gasteiger partial charge in [-0.3, -0.25) is 9.58 Å². The third kappa shape index (κ3) is 5.40. The summed E-state index contributed by atoms with van der Waals surface area (Å²) in [5, 5.41) is 17.1. The minimum atomic E-state index is 0.475. The molecule has 1 aliphatic heterocycles. The van der Waals surface area contributed by atoms with Crippen molar-refractivity contribution in [1.29, 1.82) is 5.26 Å². The first-order valence-corrected chi connectivity index (χ1v) is 9.36. The molecule has 0 atom stereocenters. The van der Waals surface area contributed by atoms with Gasteiger partial charge in [-0.2, -0.15) is 10.4 Å². The molecule has 6 nitrogen and oxygen atoms in total. The number of morpholine rings is 1. The lowest BCUT2D eigenvalue weighted by Gasteiger charge is -2.26. The van der Waals surface area contributed by atoms with Gasteiger partial charge in [-0.1, -0.05) is 30.3 Å². The summed E-state index contributed by atoms with van der Waals surface area (Å²) in [4.78, 5) is 2.46. The minimum absolute atomic E-state index is 0.475. The van der Waals surface area contributed by atoms with Crippen molar-refractivity contribution in [2.24, 2.45) is 0 Å². The van der Waals surface area contributed by atoms with Gasteiger partial charge in [-0.15, -0.1) is 0 Å². The van der Waals surface area contributed by atoms with Crippen LogP contribution in [0.1, 0.15) is 18.4 Å². The lowest BCUT2D eigenvalue weighted by Crippen LogP contribution is -2.37. The minimum Gasteiger partial charge on any atom is -0.379 e. The Bertz CT molecular complexity index is 701. The molecule has 26 heavy (non-hydrogen) atoms. The summed E-state index contributed by atoms with van der Waals surface area (Å²) < 4.78 is 7.27. The molecule has 6 heteroatoms. The number of hydrogen-bond acceptors (Lipinski definition) is 5. The number of hydrogen-bond donors (Lipinski definition) is 1. The molecule has 1 fully saturated rings. The van der Waals surface area contributed by atoms with Crippen molar-refractivity contribution >= 4 is 0 Å². The Morgan fingerprint density at radius 3 is 2.73 bits per heavy atom. The van der Waals surface area contributed by atoms with Crippen LogP contribution in [0.3, 0.4) is 0 Å². The number of aryl methyl sites for hydroxylation is 1. The summed E-state index contributed by atoms with van der Waals surface area (Å²) >= 11 is 0. The summed E-state index contributed by atoms with van der Waals surface area (Å²) in [6, 6.07) is 12.4. The van der Waals surface area contributed by atoms with E-state index in [1.54, 1.807) is 0 Å². The molecular formula is C20H27N5O. The average Bonchev–Trinajstić information content (AvgIpc) is 3.10. The summed E-state index contributed by atoms with van der Waals surface area (Å²) in [7, 11) is 0. The number of ether oxygens (including phenoxy) is 1. The van der Waals surface area contributed by atoms with Crippen LogP contribution >= 0.6 is 0 Å². The quantitative estimate of drug-likeness (QED) is 0.701. The molecule has 2 aromatic rings. The van der Waals surface area contributed by atoms with E-state index in [4.69, 9.17) is 15.1 Å². The fourth-order valence-corrected chi connectivity index (χ4v) is 3.19. The van der Waals surface area contributed by atoms with Gasteiger partial charge < -0.3 is 10.1 Å². The van der Waals surface area contributed by atoms with E-state index in [1.165, 1.54) is 5.56 Å². The molecule has 1 N–H and O–H groups in total. The first-order valence-electron chi connectivity index (χ1n) is 9.36. The Kier molecular flexibility index (Phi) is 7.20. The molecule has 0 spiro atoms. The molecule has 2 heterocycles. The van der Waals surface area contributed by atoms with Gasteiger partial charge in [-0.25, -0.2) is 0 Å². The standard InChI is InChI=1S/C20H27N5O/c21-8-4-11-25-17-19(20(23-25)18-6-2-1-3-7-18)16-22-9-5-10-24-12-14-26-15-13-24/h1-3,6-7,17,22H,4-5,9-16H2. The zero-order chi connectivity index (χ0) is 18.0. The molecule has 1 aromatic carbocycles. The zero-order valence-corrected chi connectivity index (χ0v) is 15.2. The van der Waals surface area contributed by atoms with Crippen LogP contribution in [0.2, 0.25) is 0 Å². The third-order valence-corrected chi connectivity index (χ3v) is 4.58. The normalized spacial score (nSPS) is 15.0. The number of benzene rings is 1. The summed E-state index contributed by atoms with van der Waals surface area (Å²) in [6.07, 6.45) is 3.67. The highest BCUT2D eigenvalue weighted by molar-refractivity contribution is 5.62. The Morgan fingerprint density at radius 2 is 1.96 bits per heavy atom. The van der Waals surface area contributed by atoms with E-state index >= 15 is 0 Å². The highest BCUT2D eigenvalue weighted by Gasteiger charge is 2.12. The first kappa shape index (κ1) is 18.6. The zero-order valence-electron chi connectivity index (χ0n) is 15.2. The molecule has 1 aromatic heterocycles. The monoisotopic (exact) mass is 353 g/mol. The number of nitriles is 1. The van der Waals surface area contributed by atoms with Crippen LogP contribution in [0, 0.1) is 11.3 Å². The first-order chi connectivity index (χ1) is 12.9. The second kappa shape index (κ2) is 10.1. The summed E-state index contributed by atoms with van der Waals surface area (Å²) in [5.41, 5.74) is 3.30. The largest absolute Gasteiger partial charge is 0.379 e. The Labute approximate surface area is 155 Å². The Morgan fingerprint density at radius 1 is 1.15 bits per heavy atom. The fourth-order valence-electron chi connectivity index (χ4n) is 3.19. The van der Waals surface area contributed by atoms with E-state index in [2.05, 4.69) is 34.6 Å². The predicted octanol–water partition coefficient (Wildman–Crippen LogP) is 2.28. The average molecular weight is 353 g/mol. The van der Waals surface area contributed by atoms with Gasteiger partial charge in [0, 0.05) is 37.0 Å². The maximum atomic E-state index is 8.81. The SMILES string of the molecule is N#CCCn1cc(CNCCCN2CCOCC2)c(-c2ccccc2)n1. The van der Waals surface area contributed by atoms with Crippen LogP contribution in [0.4, 0.5) is 0 Å². The van der Waals surface area contributed by atoms with Crippen LogP contribution in [0.5, 0.6) is 0 Å². The fraction of sp³-hybridized carbons (Fsp3) is 0.500. The summed E-state index contributed by atoms with van der Waals surface area (Å²) in [6.45, 7) is 7.32. The highest BCUT2D eigenvalue weighted by atomic mass is 16.5. The van der Waals surface area contributed by atoms with Gasteiger partial charge in [0.2, 0.25) is 0 Å². The van der Waals surface area contributed by atoms with E-state index in [0.717, 1.165) is 63.6 Å². The van der Waals surface area contributed by atoms with Crippen molar-refractivity contribution in [1.82, 2.24) is 20.0 Å². The van der Waals surface area contributed by atoms with Crippen molar-refractivity contribution < 1.29 is 4.74 Å². The van der Waals surface area contributed by atoms with Crippen LogP contribution < -0.4 is 5.32 Å². The molecule has 0 radical (unpaired) electrons. The molecule has 0 saturated carbocycles. The molecular weight excluding hydrogens is 326 g/mol. The summed E-state index contributed by atoms with van der Waals surface area (Å²) in [5.74, 6) is 0.